The Balaban J connectivity index is 2.25. The van der Waals surface area contributed by atoms with Crippen molar-refractivity contribution in [1.29, 1.82) is 0 Å². The van der Waals surface area contributed by atoms with Crippen LogP contribution >= 0.6 is 0 Å². The van der Waals surface area contributed by atoms with Gasteiger partial charge in [-0.25, -0.2) is 0 Å². The summed E-state index contributed by atoms with van der Waals surface area (Å²) in [6.07, 6.45) is 3.82. The summed E-state index contributed by atoms with van der Waals surface area (Å²) in [5, 5.41) is 10.9. The minimum Gasteiger partial charge on any atom is -0.364 e. The molecule has 2 unspecified atom stereocenters. The Labute approximate surface area is 99.6 Å². The van der Waals surface area contributed by atoms with Crippen LogP contribution < -0.4 is 10.6 Å². The van der Waals surface area contributed by atoms with Gasteiger partial charge in [-0.3, -0.25) is 15.1 Å². The zero-order chi connectivity index (χ0) is 12.4. The highest BCUT2D eigenvalue weighted by molar-refractivity contribution is 5.62. The molecule has 1 aromatic heterocycles. The monoisotopic (exact) mass is 236 g/mol. The number of hydrogen-bond acceptors (Lipinski definition) is 5. The highest BCUT2D eigenvalue weighted by Gasteiger charge is 2.27. The highest BCUT2D eigenvalue weighted by Crippen LogP contribution is 2.29. The van der Waals surface area contributed by atoms with E-state index in [9.17, 15) is 10.1 Å². The fourth-order valence-electron chi connectivity index (χ4n) is 2.10. The molecule has 2 N–H and O–H groups in total. The molecule has 1 aliphatic heterocycles. The van der Waals surface area contributed by atoms with Crippen LogP contribution in [0.15, 0.2) is 18.5 Å². The predicted molar refractivity (Wildman–Crippen MR) is 64.9 cm³/mol. The van der Waals surface area contributed by atoms with E-state index in [4.69, 9.17) is 5.73 Å². The maximum Gasteiger partial charge on any atom is 0.310 e. The number of nitrogens with two attached hydrogens (primary N) is 1. The van der Waals surface area contributed by atoms with Gasteiger partial charge < -0.3 is 10.6 Å². The molecule has 0 aliphatic carbocycles. The van der Waals surface area contributed by atoms with Crippen molar-refractivity contribution in [3.63, 3.8) is 0 Å². The molecule has 0 radical (unpaired) electrons. The van der Waals surface area contributed by atoms with Crippen molar-refractivity contribution in [3.8, 4) is 0 Å². The first kappa shape index (κ1) is 11.8. The van der Waals surface area contributed by atoms with Crippen molar-refractivity contribution >= 4 is 11.4 Å². The molecule has 1 fully saturated rings. The van der Waals surface area contributed by atoms with E-state index in [0.29, 0.717) is 18.2 Å². The second kappa shape index (κ2) is 4.67. The van der Waals surface area contributed by atoms with E-state index < -0.39 is 4.92 Å². The average molecular weight is 236 g/mol. The standard InChI is InChI=1S/C11H16N4O2/c1-8-3-5-14(7-9(8)12)10-2-4-13-6-11(10)15(16)17/h2,4,6,8-9H,3,5,7,12H2,1H3. The molecular weight excluding hydrogens is 220 g/mol. The molecule has 0 spiro atoms. The summed E-state index contributed by atoms with van der Waals surface area (Å²) in [4.78, 5) is 16.3. The lowest BCUT2D eigenvalue weighted by molar-refractivity contribution is -0.384. The molecule has 0 aromatic carbocycles. The number of piperidine rings is 1. The van der Waals surface area contributed by atoms with E-state index >= 15 is 0 Å². The van der Waals surface area contributed by atoms with E-state index in [1.165, 1.54) is 6.20 Å². The first-order valence-corrected chi connectivity index (χ1v) is 5.68. The summed E-state index contributed by atoms with van der Waals surface area (Å²) in [6, 6.07) is 1.75. The van der Waals surface area contributed by atoms with Crippen molar-refractivity contribution in [1.82, 2.24) is 4.98 Å². The maximum atomic E-state index is 10.9. The van der Waals surface area contributed by atoms with Crippen LogP contribution in [0, 0.1) is 16.0 Å². The summed E-state index contributed by atoms with van der Waals surface area (Å²) in [6.45, 7) is 3.58. The van der Waals surface area contributed by atoms with Gasteiger partial charge in [0.15, 0.2) is 0 Å². The number of nitro groups is 1. The number of rotatable bonds is 2. The molecule has 0 saturated carbocycles. The smallest absolute Gasteiger partial charge is 0.310 e. The van der Waals surface area contributed by atoms with Gasteiger partial charge in [0.1, 0.15) is 11.9 Å². The van der Waals surface area contributed by atoms with Crippen LogP contribution in [0.4, 0.5) is 11.4 Å². The van der Waals surface area contributed by atoms with Gasteiger partial charge in [0.05, 0.1) is 4.92 Å². The van der Waals surface area contributed by atoms with Crippen LogP contribution in [0.25, 0.3) is 0 Å². The van der Waals surface area contributed by atoms with Gasteiger partial charge in [0.2, 0.25) is 0 Å². The van der Waals surface area contributed by atoms with Gasteiger partial charge in [-0.15, -0.1) is 0 Å². The van der Waals surface area contributed by atoms with Crippen LogP contribution in [0.2, 0.25) is 0 Å². The SMILES string of the molecule is CC1CCN(c2ccncc2[N+](=O)[O-])CC1N. The molecule has 1 saturated heterocycles. The van der Waals surface area contributed by atoms with Crippen LogP contribution in [0.5, 0.6) is 0 Å². The predicted octanol–water partition coefficient (Wildman–Crippen LogP) is 1.16. The van der Waals surface area contributed by atoms with E-state index in [1.807, 2.05) is 4.90 Å². The van der Waals surface area contributed by atoms with E-state index in [0.717, 1.165) is 13.0 Å². The Morgan fingerprint density at radius 1 is 1.65 bits per heavy atom. The minimum absolute atomic E-state index is 0.0502. The molecule has 1 aliphatic rings. The van der Waals surface area contributed by atoms with Crippen molar-refractivity contribution in [2.45, 2.75) is 19.4 Å². The molecule has 1 aromatic rings. The van der Waals surface area contributed by atoms with Gasteiger partial charge in [-0.05, 0) is 18.4 Å². The third-order valence-corrected chi connectivity index (χ3v) is 3.33. The second-order valence-corrected chi connectivity index (χ2v) is 4.50. The average Bonchev–Trinajstić information content (AvgIpc) is 2.32. The number of anilines is 1. The number of aromatic nitrogens is 1. The third-order valence-electron chi connectivity index (χ3n) is 3.33. The third kappa shape index (κ3) is 2.36. The Kier molecular flexibility index (Phi) is 3.23. The Hall–Kier alpha value is -1.69. The van der Waals surface area contributed by atoms with E-state index in [1.54, 1.807) is 12.3 Å². The second-order valence-electron chi connectivity index (χ2n) is 4.50. The molecule has 6 nitrogen and oxygen atoms in total. The van der Waals surface area contributed by atoms with Crippen LogP contribution in [0.3, 0.4) is 0 Å². The minimum atomic E-state index is -0.397. The first-order valence-electron chi connectivity index (χ1n) is 5.68. The Morgan fingerprint density at radius 3 is 3.06 bits per heavy atom. The maximum absolute atomic E-state index is 10.9. The van der Waals surface area contributed by atoms with E-state index in [-0.39, 0.29) is 11.7 Å². The summed E-state index contributed by atoms with van der Waals surface area (Å²) < 4.78 is 0. The summed E-state index contributed by atoms with van der Waals surface area (Å²) in [7, 11) is 0. The van der Waals surface area contributed by atoms with Gasteiger partial charge in [-0.1, -0.05) is 6.92 Å². The summed E-state index contributed by atoms with van der Waals surface area (Å²) in [5.74, 6) is 0.465. The molecule has 17 heavy (non-hydrogen) atoms. The largest absolute Gasteiger partial charge is 0.364 e. The summed E-state index contributed by atoms with van der Waals surface area (Å²) in [5.41, 5.74) is 6.67. The normalized spacial score (nSPS) is 24.7. The zero-order valence-corrected chi connectivity index (χ0v) is 9.74. The summed E-state index contributed by atoms with van der Waals surface area (Å²) >= 11 is 0. The van der Waals surface area contributed by atoms with Crippen LogP contribution in [-0.4, -0.2) is 29.0 Å². The molecule has 6 heteroatoms. The Morgan fingerprint density at radius 2 is 2.41 bits per heavy atom. The lowest BCUT2D eigenvalue weighted by Gasteiger charge is -2.36. The van der Waals surface area contributed by atoms with Crippen molar-refractivity contribution < 1.29 is 4.92 Å². The molecule has 0 bridgehead atoms. The molecule has 0 amide bonds. The fraction of sp³-hybridized carbons (Fsp3) is 0.545. The first-order chi connectivity index (χ1) is 8.09. The van der Waals surface area contributed by atoms with Crippen molar-refractivity contribution in [2.75, 3.05) is 18.0 Å². The number of pyridine rings is 1. The molecule has 2 rings (SSSR count). The number of hydrogen-bond donors (Lipinski definition) is 1. The van der Waals surface area contributed by atoms with Gasteiger partial charge >= 0.3 is 5.69 Å². The van der Waals surface area contributed by atoms with Gasteiger partial charge in [0.25, 0.3) is 0 Å². The van der Waals surface area contributed by atoms with Crippen LogP contribution in [0.1, 0.15) is 13.3 Å². The topological polar surface area (TPSA) is 85.3 Å². The van der Waals surface area contributed by atoms with Gasteiger partial charge in [0, 0.05) is 25.3 Å². The molecule has 2 atom stereocenters. The van der Waals surface area contributed by atoms with E-state index in [2.05, 4.69) is 11.9 Å². The quantitative estimate of drug-likeness (QED) is 0.615. The highest BCUT2D eigenvalue weighted by atomic mass is 16.6. The van der Waals surface area contributed by atoms with Crippen molar-refractivity contribution in [3.05, 3.63) is 28.6 Å². The Bertz CT molecular complexity index is 424. The van der Waals surface area contributed by atoms with Crippen molar-refractivity contribution in [2.24, 2.45) is 11.7 Å². The van der Waals surface area contributed by atoms with Crippen LogP contribution in [-0.2, 0) is 0 Å². The number of nitrogens with zero attached hydrogens (tertiary/aromatic N) is 3. The molecular formula is C11H16N4O2. The van der Waals surface area contributed by atoms with Gasteiger partial charge in [-0.2, -0.15) is 0 Å². The lowest BCUT2D eigenvalue weighted by Crippen LogP contribution is -2.47. The fourth-order valence-corrected chi connectivity index (χ4v) is 2.10. The molecule has 92 valence electrons. The lowest BCUT2D eigenvalue weighted by atomic mass is 9.94. The molecule has 2 heterocycles. The zero-order valence-electron chi connectivity index (χ0n) is 9.74.